The molecule has 96 valence electrons. The van der Waals surface area contributed by atoms with Gasteiger partial charge in [0.25, 0.3) is 0 Å². The zero-order chi connectivity index (χ0) is 13.0. The van der Waals surface area contributed by atoms with Crippen molar-refractivity contribution < 1.29 is 48.9 Å². The van der Waals surface area contributed by atoms with Crippen molar-refractivity contribution in [2.24, 2.45) is 5.10 Å². The fraction of sp³-hybridized carbons (Fsp3) is 0.333. The van der Waals surface area contributed by atoms with E-state index in [1.165, 1.54) is 6.92 Å². The van der Waals surface area contributed by atoms with Crippen molar-refractivity contribution in [3.8, 4) is 11.5 Å². The Morgan fingerprint density at radius 3 is 2.89 bits per heavy atom. The Morgan fingerprint density at radius 1 is 1.42 bits per heavy atom. The van der Waals surface area contributed by atoms with E-state index in [2.05, 4.69) is 10.5 Å². The third-order valence-corrected chi connectivity index (χ3v) is 2.50. The first-order chi connectivity index (χ1) is 8.66. The van der Waals surface area contributed by atoms with Crippen LogP contribution in [0.5, 0.6) is 11.5 Å². The summed E-state index contributed by atoms with van der Waals surface area (Å²) in [6, 6.07) is 5.69. The maximum Gasteiger partial charge on any atom is 1.00 e. The van der Waals surface area contributed by atoms with E-state index in [4.69, 9.17) is 9.47 Å². The number of hydrazone groups is 1. The summed E-state index contributed by atoms with van der Waals surface area (Å²) < 4.78 is 10.5. The molecule has 0 bridgehead atoms. The Balaban J connectivity index is 0.00000180. The SMILES string of the molecule is C/C(=N/NCCc1ccc2c(c1)OCO2)C(=O)[O-].[Na+]. The van der Waals surface area contributed by atoms with Crippen LogP contribution in [0.2, 0.25) is 0 Å². The largest absolute Gasteiger partial charge is 1.00 e. The molecule has 1 aliphatic heterocycles. The number of carbonyl (C=O) groups is 1. The third kappa shape index (κ3) is 4.41. The first-order valence-electron chi connectivity index (χ1n) is 5.54. The summed E-state index contributed by atoms with van der Waals surface area (Å²) >= 11 is 0. The molecule has 7 heteroatoms. The number of benzene rings is 1. The molecule has 0 fully saturated rings. The van der Waals surface area contributed by atoms with E-state index < -0.39 is 5.97 Å². The van der Waals surface area contributed by atoms with E-state index in [1.54, 1.807) is 0 Å². The number of carbonyl (C=O) groups excluding carboxylic acids is 1. The first kappa shape index (κ1) is 15.8. The summed E-state index contributed by atoms with van der Waals surface area (Å²) in [6.45, 7) is 2.17. The van der Waals surface area contributed by atoms with Crippen LogP contribution in [0.15, 0.2) is 23.3 Å². The van der Waals surface area contributed by atoms with Gasteiger partial charge in [0, 0.05) is 6.54 Å². The molecule has 1 aliphatic rings. The average molecular weight is 272 g/mol. The molecule has 0 spiro atoms. The van der Waals surface area contributed by atoms with E-state index in [0.717, 1.165) is 17.1 Å². The number of carboxylic acid groups (broad SMARTS) is 1. The Hall–Kier alpha value is -1.24. The summed E-state index contributed by atoms with van der Waals surface area (Å²) in [7, 11) is 0. The molecular formula is C12H13N2NaO4. The monoisotopic (exact) mass is 272 g/mol. The molecule has 19 heavy (non-hydrogen) atoms. The zero-order valence-corrected chi connectivity index (χ0v) is 12.9. The van der Waals surface area contributed by atoms with Crippen LogP contribution in [-0.2, 0) is 11.2 Å². The van der Waals surface area contributed by atoms with Crippen molar-refractivity contribution in [2.75, 3.05) is 13.3 Å². The quantitative estimate of drug-likeness (QED) is 0.262. The maximum atomic E-state index is 10.4. The van der Waals surface area contributed by atoms with E-state index in [0.29, 0.717) is 13.0 Å². The summed E-state index contributed by atoms with van der Waals surface area (Å²) in [6.07, 6.45) is 0.709. The van der Waals surface area contributed by atoms with Crippen molar-refractivity contribution in [3.05, 3.63) is 23.8 Å². The number of rotatable bonds is 5. The number of nitrogens with zero attached hydrogens (tertiary/aromatic N) is 1. The molecule has 1 aromatic carbocycles. The van der Waals surface area contributed by atoms with Gasteiger partial charge < -0.3 is 24.8 Å². The normalized spacial score (nSPS) is 12.8. The van der Waals surface area contributed by atoms with Gasteiger partial charge in [-0.3, -0.25) is 0 Å². The smallest absolute Gasteiger partial charge is 0.543 e. The van der Waals surface area contributed by atoms with Crippen LogP contribution in [0.1, 0.15) is 12.5 Å². The van der Waals surface area contributed by atoms with Crippen LogP contribution in [0.3, 0.4) is 0 Å². The van der Waals surface area contributed by atoms with Gasteiger partial charge in [0.15, 0.2) is 11.5 Å². The number of ether oxygens (including phenoxy) is 2. The van der Waals surface area contributed by atoms with Gasteiger partial charge in [0.1, 0.15) is 0 Å². The van der Waals surface area contributed by atoms with Gasteiger partial charge in [-0.2, -0.15) is 5.10 Å². The van der Waals surface area contributed by atoms with E-state index in [-0.39, 0.29) is 42.1 Å². The minimum atomic E-state index is -1.27. The zero-order valence-electron chi connectivity index (χ0n) is 10.9. The van der Waals surface area contributed by atoms with Crippen molar-refractivity contribution >= 4 is 11.7 Å². The van der Waals surface area contributed by atoms with Gasteiger partial charge in [-0.25, -0.2) is 0 Å². The molecule has 1 N–H and O–H groups in total. The Bertz CT molecular complexity index is 491. The molecule has 6 nitrogen and oxygen atoms in total. The molecular weight excluding hydrogens is 259 g/mol. The number of fused-ring (bicyclic) bond motifs is 1. The topological polar surface area (TPSA) is 83.0 Å². The third-order valence-electron chi connectivity index (χ3n) is 2.50. The van der Waals surface area contributed by atoms with Gasteiger partial charge in [0.05, 0.1) is 11.7 Å². The van der Waals surface area contributed by atoms with Gasteiger partial charge >= 0.3 is 29.6 Å². The molecule has 1 aromatic rings. The number of carboxylic acids is 1. The van der Waals surface area contributed by atoms with Crippen molar-refractivity contribution in [3.63, 3.8) is 0 Å². The van der Waals surface area contributed by atoms with Crippen LogP contribution in [0, 0.1) is 0 Å². The van der Waals surface area contributed by atoms with Crippen LogP contribution >= 0.6 is 0 Å². The molecule has 0 radical (unpaired) electrons. The predicted molar refractivity (Wildman–Crippen MR) is 62.4 cm³/mol. The van der Waals surface area contributed by atoms with E-state index in [9.17, 15) is 9.90 Å². The summed E-state index contributed by atoms with van der Waals surface area (Å²) in [5, 5.41) is 14.0. The van der Waals surface area contributed by atoms with Crippen molar-refractivity contribution in [2.45, 2.75) is 13.3 Å². The second-order valence-electron chi connectivity index (χ2n) is 3.83. The molecule has 0 amide bonds. The molecule has 0 aliphatic carbocycles. The Morgan fingerprint density at radius 2 is 2.16 bits per heavy atom. The molecule has 0 saturated heterocycles. The summed E-state index contributed by atoms with van der Waals surface area (Å²) in [5.74, 6) is 0.213. The van der Waals surface area contributed by atoms with Crippen LogP contribution in [0.25, 0.3) is 0 Å². The van der Waals surface area contributed by atoms with E-state index in [1.807, 2.05) is 18.2 Å². The van der Waals surface area contributed by atoms with Crippen LogP contribution < -0.4 is 49.6 Å². The van der Waals surface area contributed by atoms with Crippen molar-refractivity contribution in [1.82, 2.24) is 5.43 Å². The second-order valence-corrected chi connectivity index (χ2v) is 3.83. The number of hydrogen-bond acceptors (Lipinski definition) is 6. The first-order valence-corrected chi connectivity index (χ1v) is 5.54. The minimum absolute atomic E-state index is 0. The summed E-state index contributed by atoms with van der Waals surface area (Å²) in [4.78, 5) is 10.4. The number of nitrogens with one attached hydrogen (secondary N) is 1. The fourth-order valence-electron chi connectivity index (χ4n) is 1.52. The number of hydrogen-bond donors (Lipinski definition) is 1. The predicted octanol–water partition coefficient (Wildman–Crippen LogP) is -3.32. The fourth-order valence-corrected chi connectivity index (χ4v) is 1.52. The molecule has 2 rings (SSSR count). The molecule has 0 saturated carbocycles. The van der Waals surface area contributed by atoms with Gasteiger partial charge in [-0.05, 0) is 31.0 Å². The number of aliphatic carboxylic acids is 1. The van der Waals surface area contributed by atoms with Crippen LogP contribution in [-0.4, -0.2) is 25.0 Å². The Labute approximate surface area is 133 Å². The molecule has 1 heterocycles. The molecule has 0 atom stereocenters. The second kappa shape index (κ2) is 7.37. The van der Waals surface area contributed by atoms with Crippen molar-refractivity contribution in [1.29, 1.82) is 0 Å². The van der Waals surface area contributed by atoms with Gasteiger partial charge in [0.2, 0.25) is 6.79 Å². The minimum Gasteiger partial charge on any atom is -0.543 e. The molecule has 0 aromatic heterocycles. The average Bonchev–Trinajstić information content (AvgIpc) is 2.81. The molecule has 0 unspecified atom stereocenters. The van der Waals surface area contributed by atoms with Crippen LogP contribution in [0.4, 0.5) is 0 Å². The standard InChI is InChI=1S/C12H14N2O4.Na/c1-8(12(15)16)14-13-5-4-9-2-3-10-11(6-9)18-7-17-10;/h2-3,6,13H,4-5,7H2,1H3,(H,15,16);/q;+1/p-1/b14-8-;. The maximum absolute atomic E-state index is 10.4. The summed E-state index contributed by atoms with van der Waals surface area (Å²) in [5.41, 5.74) is 3.67. The Kier molecular flexibility index (Phi) is 6.14. The van der Waals surface area contributed by atoms with Gasteiger partial charge in [-0.1, -0.05) is 6.07 Å². The van der Waals surface area contributed by atoms with Gasteiger partial charge in [-0.15, -0.1) is 0 Å². The van der Waals surface area contributed by atoms with E-state index >= 15 is 0 Å².